The number of likely N-dealkylation sites (N-methyl/N-ethyl adjacent to an activating group) is 1. The first-order chi connectivity index (χ1) is 19.7. The number of thioether (sulfide) groups is 1. The van der Waals surface area contributed by atoms with Gasteiger partial charge in [-0.15, -0.1) is 23.1 Å². The molecule has 216 valence electrons. The molecule has 4 fully saturated rings. The van der Waals surface area contributed by atoms with Crippen molar-refractivity contribution in [2.45, 2.75) is 47.1 Å². The summed E-state index contributed by atoms with van der Waals surface area (Å²) >= 11 is 3.27. The number of halogens is 1. The lowest BCUT2D eigenvalue weighted by Gasteiger charge is -2.49. The molecule has 0 bridgehead atoms. The molecule has 2 atom stereocenters. The summed E-state index contributed by atoms with van der Waals surface area (Å²) in [5.41, 5.74) is 6.62. The van der Waals surface area contributed by atoms with E-state index in [1.54, 1.807) is 23.7 Å². The van der Waals surface area contributed by atoms with Crippen molar-refractivity contribution in [1.29, 1.82) is 10.5 Å². The highest BCUT2D eigenvalue weighted by atomic mass is 32.2. The first-order valence-electron chi connectivity index (χ1n) is 13.7. The predicted molar refractivity (Wildman–Crippen MR) is 153 cm³/mol. The molecule has 11 nitrogen and oxygen atoms in total. The van der Waals surface area contributed by atoms with Gasteiger partial charge in [0.25, 0.3) is 0 Å². The largest absolute Gasteiger partial charge is 0.461 e. The first-order valence-corrected chi connectivity index (χ1v) is 15.5. The zero-order valence-corrected chi connectivity index (χ0v) is 24.4. The normalized spacial score (nSPS) is 27.0. The second-order valence-electron chi connectivity index (χ2n) is 12.0. The van der Waals surface area contributed by atoms with Crippen LogP contribution in [0.4, 0.5) is 21.0 Å². The molecule has 3 N–H and O–H groups in total. The maximum atomic E-state index is 14.4. The van der Waals surface area contributed by atoms with Gasteiger partial charge in [0, 0.05) is 49.3 Å². The van der Waals surface area contributed by atoms with Crippen molar-refractivity contribution in [3.05, 3.63) is 21.6 Å². The first kappa shape index (κ1) is 27.0. The average molecular weight is 599 g/mol. The SMILES string of the molecule is CN(CC1(O)COC1)c1nc(OC[C@@]23CCCN2C[C@H](F)C3)nc(N2CC3(C2)SCc2sc(N)c(C#N)c23)c1C#N. The minimum atomic E-state index is -1.03. The molecule has 5 aliphatic rings. The molecule has 0 unspecified atom stereocenters. The second-order valence-corrected chi connectivity index (χ2v) is 14.5. The number of alkyl halides is 1. The third-order valence-corrected chi connectivity index (χ3v) is 11.7. The van der Waals surface area contributed by atoms with Gasteiger partial charge in [-0.25, -0.2) is 4.39 Å². The van der Waals surface area contributed by atoms with E-state index >= 15 is 0 Å². The number of anilines is 3. The van der Waals surface area contributed by atoms with E-state index in [1.165, 1.54) is 11.3 Å². The number of nitrogens with zero attached hydrogens (tertiary/aromatic N) is 7. The number of fused-ring (bicyclic) bond motifs is 3. The summed E-state index contributed by atoms with van der Waals surface area (Å²) in [5.74, 6) is 1.61. The van der Waals surface area contributed by atoms with Crippen LogP contribution in [0, 0.1) is 22.7 Å². The van der Waals surface area contributed by atoms with Crippen LogP contribution in [0.25, 0.3) is 0 Å². The zero-order valence-electron chi connectivity index (χ0n) is 22.7. The number of hydrogen-bond donors (Lipinski definition) is 2. The molecular formula is C27H31FN8O3S2. The van der Waals surface area contributed by atoms with Crippen molar-refractivity contribution in [2.24, 2.45) is 0 Å². The Labute approximate surface area is 245 Å². The lowest BCUT2D eigenvalue weighted by atomic mass is 9.88. The van der Waals surface area contributed by atoms with E-state index in [4.69, 9.17) is 20.2 Å². The van der Waals surface area contributed by atoms with Gasteiger partial charge in [0.1, 0.15) is 41.1 Å². The standard InChI is InChI=1S/C27H31FN8O3S2/c1-34(10-26(37)14-38-15-26)22-18(7-30)23(33-24(32-22)39-13-25-3-2-4-36(25)8-16(28)5-25)35-11-27(12-35)20-17(6-29)21(31)41-19(20)9-40-27/h16,37H,2-5,8-15,31H2,1H3/t16-,25+/m1/s1. The van der Waals surface area contributed by atoms with Crippen molar-refractivity contribution in [2.75, 3.05) is 75.1 Å². The average Bonchev–Trinajstić information content (AvgIpc) is 3.63. The highest BCUT2D eigenvalue weighted by Gasteiger charge is 2.54. The maximum Gasteiger partial charge on any atom is 0.320 e. The summed E-state index contributed by atoms with van der Waals surface area (Å²) in [7, 11) is 1.78. The minimum absolute atomic E-state index is 0.124. The lowest BCUT2D eigenvalue weighted by Crippen LogP contribution is -2.58. The molecule has 1 spiro atoms. The van der Waals surface area contributed by atoms with Crippen molar-refractivity contribution in [3.63, 3.8) is 0 Å². The Kier molecular flexibility index (Phi) is 6.30. The van der Waals surface area contributed by atoms with Crippen molar-refractivity contribution >= 4 is 39.7 Å². The Morgan fingerprint density at radius 2 is 2.05 bits per heavy atom. The van der Waals surface area contributed by atoms with Crippen molar-refractivity contribution in [3.8, 4) is 18.1 Å². The van der Waals surface area contributed by atoms with Gasteiger partial charge in [0.15, 0.2) is 11.6 Å². The molecule has 14 heteroatoms. The Morgan fingerprint density at radius 3 is 2.76 bits per heavy atom. The van der Waals surface area contributed by atoms with E-state index in [0.29, 0.717) is 48.3 Å². The second kappa shape index (κ2) is 9.57. The lowest BCUT2D eigenvalue weighted by molar-refractivity contribution is -0.171. The molecular weight excluding hydrogens is 567 g/mol. The summed E-state index contributed by atoms with van der Waals surface area (Å²) in [6, 6.07) is 4.71. The molecule has 0 radical (unpaired) electrons. The third-order valence-electron chi connectivity index (χ3n) is 9.07. The number of nitriles is 2. The van der Waals surface area contributed by atoms with E-state index in [9.17, 15) is 20.0 Å². The Hall–Kier alpha value is -2.88. The number of nitrogen functional groups attached to an aromatic ring is 1. The molecule has 0 aromatic carbocycles. The van der Waals surface area contributed by atoms with Crippen LogP contribution in [0.2, 0.25) is 0 Å². The molecule has 0 aliphatic carbocycles. The van der Waals surface area contributed by atoms with Gasteiger partial charge < -0.3 is 30.1 Å². The van der Waals surface area contributed by atoms with Crippen LogP contribution >= 0.6 is 23.1 Å². The number of aromatic nitrogens is 2. The Balaban J connectivity index is 1.21. The van der Waals surface area contributed by atoms with Crippen LogP contribution in [0.1, 0.15) is 40.8 Å². The zero-order chi connectivity index (χ0) is 28.6. The van der Waals surface area contributed by atoms with Crippen molar-refractivity contribution in [1.82, 2.24) is 14.9 Å². The van der Waals surface area contributed by atoms with E-state index < -0.39 is 11.8 Å². The topological polar surface area (TPSA) is 148 Å². The monoisotopic (exact) mass is 598 g/mol. The number of ether oxygens (including phenoxy) is 2. The molecule has 7 rings (SSSR count). The molecule has 2 aromatic rings. The van der Waals surface area contributed by atoms with Gasteiger partial charge >= 0.3 is 6.01 Å². The number of nitrogens with two attached hydrogens (primary N) is 1. The Bertz CT molecular complexity index is 1480. The van der Waals surface area contributed by atoms with Gasteiger partial charge in [0.2, 0.25) is 0 Å². The molecule has 2 aromatic heterocycles. The summed E-state index contributed by atoms with van der Waals surface area (Å²) < 4.78 is 25.5. The molecule has 7 heterocycles. The molecule has 5 aliphatic heterocycles. The highest BCUT2D eigenvalue weighted by molar-refractivity contribution is 8.00. The van der Waals surface area contributed by atoms with E-state index in [0.717, 1.165) is 35.6 Å². The number of hydrogen-bond acceptors (Lipinski definition) is 13. The van der Waals surface area contributed by atoms with Gasteiger partial charge in [-0.05, 0) is 19.4 Å². The van der Waals surface area contributed by atoms with Crippen molar-refractivity contribution < 1.29 is 19.0 Å². The fraction of sp³-hybridized carbons (Fsp3) is 0.630. The van der Waals surface area contributed by atoms with E-state index in [2.05, 4.69) is 22.0 Å². The fourth-order valence-corrected chi connectivity index (χ4v) is 9.93. The quantitative estimate of drug-likeness (QED) is 0.480. The van der Waals surface area contributed by atoms with Gasteiger partial charge in [-0.2, -0.15) is 20.5 Å². The summed E-state index contributed by atoms with van der Waals surface area (Å²) in [4.78, 5) is 16.5. The molecule has 4 saturated heterocycles. The number of rotatable bonds is 7. The predicted octanol–water partition coefficient (Wildman–Crippen LogP) is 1.98. The maximum absolute atomic E-state index is 14.4. The summed E-state index contributed by atoms with van der Waals surface area (Å²) in [5, 5.41) is 31.4. The Morgan fingerprint density at radius 1 is 1.27 bits per heavy atom. The van der Waals surface area contributed by atoms with Crippen LogP contribution in [0.3, 0.4) is 0 Å². The van der Waals surface area contributed by atoms with Crippen LogP contribution in [-0.4, -0.2) is 96.9 Å². The summed E-state index contributed by atoms with van der Waals surface area (Å²) in [6.07, 6.45) is 1.40. The molecule has 41 heavy (non-hydrogen) atoms. The third kappa shape index (κ3) is 4.22. The van der Waals surface area contributed by atoms with Gasteiger partial charge in [-0.3, -0.25) is 4.90 Å². The molecule has 0 saturated carbocycles. The van der Waals surface area contributed by atoms with Gasteiger partial charge in [0.05, 0.1) is 35.6 Å². The number of thiophene rings is 1. The minimum Gasteiger partial charge on any atom is -0.461 e. The van der Waals surface area contributed by atoms with E-state index in [1.807, 2.05) is 4.90 Å². The number of aliphatic hydroxyl groups is 1. The summed E-state index contributed by atoms with van der Waals surface area (Å²) in [6.45, 7) is 3.30. The fourth-order valence-electron chi connectivity index (χ4n) is 7.12. The van der Waals surface area contributed by atoms with Crippen LogP contribution in [0.5, 0.6) is 6.01 Å². The van der Waals surface area contributed by atoms with Gasteiger partial charge in [-0.1, -0.05) is 0 Å². The highest BCUT2D eigenvalue weighted by Crippen LogP contribution is 2.58. The van der Waals surface area contributed by atoms with Crippen LogP contribution in [-0.2, 0) is 15.2 Å². The van der Waals surface area contributed by atoms with E-state index in [-0.39, 0.29) is 48.2 Å². The van der Waals surface area contributed by atoms with Crippen LogP contribution in [0.15, 0.2) is 0 Å². The van der Waals surface area contributed by atoms with Crippen LogP contribution < -0.4 is 20.3 Å². The molecule has 0 amide bonds. The smallest absolute Gasteiger partial charge is 0.320 e.